The van der Waals surface area contributed by atoms with E-state index < -0.39 is 11.6 Å². The molecule has 0 N–H and O–H groups in total. The van der Waals surface area contributed by atoms with Crippen LogP contribution in [0, 0.1) is 6.92 Å². The highest BCUT2D eigenvalue weighted by Crippen LogP contribution is 2.43. The van der Waals surface area contributed by atoms with Gasteiger partial charge in [0.1, 0.15) is 11.5 Å². The van der Waals surface area contributed by atoms with Gasteiger partial charge in [-0.25, -0.2) is 0 Å². The summed E-state index contributed by atoms with van der Waals surface area (Å²) in [7, 11) is 0. The first-order valence-corrected chi connectivity index (χ1v) is 11.4. The lowest BCUT2D eigenvalue weighted by atomic mass is 9.82. The number of fused-ring (bicyclic) bond motifs is 7. The minimum atomic E-state index is -0.491. The summed E-state index contributed by atoms with van der Waals surface area (Å²) in [6.07, 6.45) is 0.575. The number of hydrogen-bond donors (Lipinski definition) is 0. The van der Waals surface area contributed by atoms with Crippen LogP contribution in [0.5, 0.6) is 0 Å². The predicted octanol–water partition coefficient (Wildman–Crippen LogP) is 3.00. The number of aryl methyl sites for hydroxylation is 1. The average molecular weight is 444 g/mol. The van der Waals surface area contributed by atoms with E-state index in [1.54, 1.807) is 0 Å². The lowest BCUT2D eigenvalue weighted by Crippen LogP contribution is -2.46. The van der Waals surface area contributed by atoms with Gasteiger partial charge >= 0.3 is 0 Å². The molecule has 0 atom stereocenters. The summed E-state index contributed by atoms with van der Waals surface area (Å²) in [5.74, 6) is 0.289. The molecule has 7 heteroatoms. The second-order valence-electron chi connectivity index (χ2n) is 8.98. The molecule has 0 spiro atoms. The Morgan fingerprint density at radius 1 is 0.970 bits per heavy atom. The third kappa shape index (κ3) is 3.14. The number of morpholine rings is 1. The number of Topliss-reactive ketones (excluding diaryl/α,β-unsaturated/α-hetero) is 2. The van der Waals surface area contributed by atoms with Crippen molar-refractivity contribution < 1.29 is 23.5 Å². The molecule has 33 heavy (non-hydrogen) atoms. The third-order valence-electron chi connectivity index (χ3n) is 7.04. The van der Waals surface area contributed by atoms with Crippen molar-refractivity contribution in [3.63, 3.8) is 0 Å². The first-order valence-electron chi connectivity index (χ1n) is 11.4. The van der Waals surface area contributed by atoms with Crippen LogP contribution in [0.25, 0.3) is 22.1 Å². The van der Waals surface area contributed by atoms with Crippen LogP contribution in [0.4, 0.5) is 0 Å². The number of hydrogen-bond acceptors (Lipinski definition) is 6. The molecule has 3 heterocycles. The normalized spacial score (nSPS) is 18.3. The number of furan rings is 1. The number of nitrogens with zero attached hydrogens (tertiary/aromatic N) is 2. The summed E-state index contributed by atoms with van der Waals surface area (Å²) < 4.78 is 11.6. The van der Waals surface area contributed by atoms with Crippen molar-refractivity contribution in [3.05, 3.63) is 58.3 Å². The third-order valence-corrected chi connectivity index (χ3v) is 7.04. The van der Waals surface area contributed by atoms with Gasteiger partial charge in [0.05, 0.1) is 31.9 Å². The molecule has 0 saturated carbocycles. The first kappa shape index (κ1) is 20.3. The molecule has 3 aliphatic rings. The molecule has 3 aromatic rings. The summed E-state index contributed by atoms with van der Waals surface area (Å²) in [5, 5.41) is 1.74. The van der Waals surface area contributed by atoms with Crippen molar-refractivity contribution in [3.8, 4) is 11.3 Å². The smallest absolute Gasteiger partial charge is 0.237 e. The van der Waals surface area contributed by atoms with Gasteiger partial charge in [-0.15, -0.1) is 0 Å². The van der Waals surface area contributed by atoms with Gasteiger partial charge in [0.15, 0.2) is 0 Å². The molecule has 1 saturated heterocycles. The van der Waals surface area contributed by atoms with Crippen LogP contribution in [-0.2, 0) is 22.5 Å². The molecule has 168 valence electrons. The molecule has 1 aliphatic carbocycles. The van der Waals surface area contributed by atoms with Crippen LogP contribution in [-0.4, -0.2) is 66.7 Å². The van der Waals surface area contributed by atoms with Crippen molar-refractivity contribution >= 4 is 28.2 Å². The van der Waals surface area contributed by atoms with Crippen molar-refractivity contribution in [2.24, 2.45) is 0 Å². The Bertz CT molecular complexity index is 1330. The molecule has 1 fully saturated rings. The van der Waals surface area contributed by atoms with E-state index >= 15 is 0 Å². The fourth-order valence-electron chi connectivity index (χ4n) is 5.30. The van der Waals surface area contributed by atoms with E-state index in [1.807, 2.05) is 47.1 Å². The van der Waals surface area contributed by atoms with Gasteiger partial charge in [0, 0.05) is 36.3 Å². The van der Waals surface area contributed by atoms with Gasteiger partial charge in [-0.05, 0) is 35.7 Å². The molecule has 2 aliphatic heterocycles. The fraction of sp³-hybridized carbons (Fsp3) is 0.346. The van der Waals surface area contributed by atoms with E-state index in [4.69, 9.17) is 9.15 Å². The second kappa shape index (κ2) is 7.64. The zero-order valence-corrected chi connectivity index (χ0v) is 18.5. The number of benzene rings is 2. The zero-order chi connectivity index (χ0) is 22.7. The summed E-state index contributed by atoms with van der Waals surface area (Å²) in [6, 6.07) is 9.67. The maximum atomic E-state index is 13.2. The van der Waals surface area contributed by atoms with Crippen LogP contribution in [0.2, 0.25) is 0 Å². The summed E-state index contributed by atoms with van der Waals surface area (Å²) in [6.45, 7) is 5.77. The van der Waals surface area contributed by atoms with Crippen molar-refractivity contribution in [1.29, 1.82) is 0 Å². The van der Waals surface area contributed by atoms with Crippen molar-refractivity contribution in [2.75, 3.05) is 39.4 Å². The quantitative estimate of drug-likeness (QED) is 0.566. The van der Waals surface area contributed by atoms with Crippen molar-refractivity contribution in [1.82, 2.24) is 9.80 Å². The van der Waals surface area contributed by atoms with Crippen LogP contribution in [0.3, 0.4) is 0 Å². The van der Waals surface area contributed by atoms with E-state index in [9.17, 15) is 14.4 Å². The Hall–Kier alpha value is -3.29. The van der Waals surface area contributed by atoms with Gasteiger partial charge in [0.2, 0.25) is 17.5 Å². The van der Waals surface area contributed by atoms with E-state index in [1.165, 1.54) is 0 Å². The van der Waals surface area contributed by atoms with Gasteiger partial charge in [0.25, 0.3) is 0 Å². The van der Waals surface area contributed by atoms with E-state index in [-0.39, 0.29) is 5.91 Å². The maximum Gasteiger partial charge on any atom is 0.237 e. The molecule has 7 nitrogen and oxygen atoms in total. The maximum absolute atomic E-state index is 13.2. The van der Waals surface area contributed by atoms with Gasteiger partial charge in [-0.3, -0.25) is 19.3 Å². The lowest BCUT2D eigenvalue weighted by molar-refractivity contribution is -0.136. The molecular formula is C26H24N2O5. The average Bonchev–Trinajstić information content (AvgIpc) is 3.22. The fourth-order valence-corrected chi connectivity index (χ4v) is 5.30. The lowest BCUT2D eigenvalue weighted by Gasteiger charge is -2.31. The number of amides is 1. The number of rotatable bonds is 2. The van der Waals surface area contributed by atoms with Gasteiger partial charge in [-0.1, -0.05) is 24.3 Å². The highest BCUT2D eigenvalue weighted by molar-refractivity contribution is 6.54. The molecule has 1 aromatic heterocycles. The van der Waals surface area contributed by atoms with Crippen LogP contribution < -0.4 is 0 Å². The van der Waals surface area contributed by atoms with Crippen LogP contribution in [0.15, 0.2) is 34.7 Å². The highest BCUT2D eigenvalue weighted by atomic mass is 16.5. The van der Waals surface area contributed by atoms with Crippen LogP contribution >= 0.6 is 0 Å². The first-order chi connectivity index (χ1) is 16.0. The molecule has 1 amide bonds. The van der Waals surface area contributed by atoms with E-state index in [2.05, 4.69) is 0 Å². The van der Waals surface area contributed by atoms with E-state index in [0.717, 1.165) is 21.9 Å². The Kier molecular flexibility index (Phi) is 4.71. The Morgan fingerprint density at radius 2 is 1.76 bits per heavy atom. The molecule has 2 aromatic carbocycles. The van der Waals surface area contributed by atoms with Gasteiger partial charge in [-0.2, -0.15) is 0 Å². The number of carbonyl (C=O) groups excluding carboxylic acids is 3. The molecule has 6 rings (SSSR count). The number of carbonyl (C=O) groups is 3. The van der Waals surface area contributed by atoms with Gasteiger partial charge < -0.3 is 14.1 Å². The zero-order valence-electron chi connectivity index (χ0n) is 18.5. The molecule has 0 unspecified atom stereocenters. The topological polar surface area (TPSA) is 80.1 Å². The summed E-state index contributed by atoms with van der Waals surface area (Å²) in [4.78, 5) is 43.0. The van der Waals surface area contributed by atoms with Crippen LogP contribution in [0.1, 0.15) is 37.6 Å². The highest BCUT2D eigenvalue weighted by Gasteiger charge is 2.39. The Morgan fingerprint density at radius 3 is 2.58 bits per heavy atom. The molecular weight excluding hydrogens is 420 g/mol. The van der Waals surface area contributed by atoms with Crippen molar-refractivity contribution in [2.45, 2.75) is 19.9 Å². The predicted molar refractivity (Wildman–Crippen MR) is 121 cm³/mol. The monoisotopic (exact) mass is 444 g/mol. The Balaban J connectivity index is 1.36. The standard InChI is InChI=1S/C26H24N2O5/c1-15-3-2-4-17-16(15)5-6-19-22(17)24(30)25(31)23-18-7-8-27(13-20(18)33-26(19)23)14-21(29)28-9-11-32-12-10-28/h2-6H,7-14H2,1H3. The largest absolute Gasteiger partial charge is 0.459 e. The minimum absolute atomic E-state index is 0.0801. The number of ether oxygens (including phenoxy) is 1. The SMILES string of the molecule is Cc1cccc2c3c(ccc12)-c1oc2c(c1C(=O)C3=O)CCN(CC(=O)N1CCOCC1)C2. The summed E-state index contributed by atoms with van der Waals surface area (Å²) >= 11 is 0. The number of ketones is 2. The Labute approximate surface area is 190 Å². The molecule has 0 radical (unpaired) electrons. The minimum Gasteiger partial charge on any atom is -0.459 e. The molecule has 0 bridgehead atoms. The summed E-state index contributed by atoms with van der Waals surface area (Å²) in [5.41, 5.74) is 3.39. The van der Waals surface area contributed by atoms with E-state index in [0.29, 0.717) is 80.6 Å². The second-order valence-corrected chi connectivity index (χ2v) is 8.98.